The molecule has 0 aliphatic heterocycles. The number of methoxy groups -OCH3 is 1. The van der Waals surface area contributed by atoms with Gasteiger partial charge >= 0.3 is 5.97 Å². The van der Waals surface area contributed by atoms with Gasteiger partial charge < -0.3 is 4.74 Å². The average Bonchev–Trinajstić information content (AvgIpc) is 2.76. The minimum absolute atomic E-state index is 0.130. The van der Waals surface area contributed by atoms with E-state index >= 15 is 0 Å². The summed E-state index contributed by atoms with van der Waals surface area (Å²) in [7, 11) is -2.25. The molecular weight excluding hydrogens is 444 g/mol. The topological polar surface area (TPSA) is 69.7 Å². The number of rotatable bonds is 18. The molecule has 0 saturated heterocycles. The fourth-order valence-electron chi connectivity index (χ4n) is 3.13. The van der Waals surface area contributed by atoms with Crippen LogP contribution in [0.2, 0.25) is 0 Å². The first-order chi connectivity index (χ1) is 15.3. The molecule has 5 nitrogen and oxygen atoms in total. The molecule has 0 spiro atoms. The molecule has 0 aliphatic carbocycles. The van der Waals surface area contributed by atoms with Gasteiger partial charge in [-0.3, -0.25) is 8.98 Å². The molecule has 1 aromatic rings. The molecule has 1 atom stereocenters. The van der Waals surface area contributed by atoms with Gasteiger partial charge in [0.2, 0.25) is 0 Å². The van der Waals surface area contributed by atoms with Crippen LogP contribution in [0.1, 0.15) is 76.7 Å². The minimum atomic E-state index is -3.68. The molecule has 0 bridgehead atoms. The Kier molecular flexibility index (Phi) is 15.4. The fourth-order valence-corrected chi connectivity index (χ4v) is 5.17. The molecular formula is C25H40O5S2. The largest absolute Gasteiger partial charge is 0.469 e. The highest BCUT2D eigenvalue weighted by Gasteiger charge is 2.18. The van der Waals surface area contributed by atoms with Gasteiger partial charge in [-0.1, -0.05) is 49.1 Å². The molecule has 0 amide bonds. The quantitative estimate of drug-likeness (QED) is 0.103. The summed E-state index contributed by atoms with van der Waals surface area (Å²) in [5.41, 5.74) is 1.02. The zero-order valence-corrected chi connectivity index (χ0v) is 21.5. The van der Waals surface area contributed by atoms with E-state index in [0.29, 0.717) is 6.42 Å². The van der Waals surface area contributed by atoms with E-state index < -0.39 is 10.1 Å². The normalized spacial score (nSPS) is 12.8. The Labute approximate surface area is 199 Å². The molecule has 0 aliphatic rings. The van der Waals surface area contributed by atoms with Crippen molar-refractivity contribution in [1.29, 1.82) is 0 Å². The van der Waals surface area contributed by atoms with Crippen LogP contribution in [0.25, 0.3) is 0 Å². The van der Waals surface area contributed by atoms with E-state index in [1.807, 2.05) is 25.6 Å². The molecule has 0 fully saturated rings. The van der Waals surface area contributed by atoms with Gasteiger partial charge in [-0.15, -0.1) is 0 Å². The average molecular weight is 485 g/mol. The molecule has 0 heterocycles. The maximum Gasteiger partial charge on any atom is 0.306 e. The Morgan fingerprint density at radius 2 is 1.59 bits per heavy atom. The van der Waals surface area contributed by atoms with Crippen LogP contribution >= 0.6 is 11.8 Å². The first-order valence-corrected chi connectivity index (χ1v) is 14.2. The molecule has 0 N–H and O–H groups in total. The standard InChI is InChI=1S/C25H40O5S2/c1-22-15-17-24(18-16-22)32(27,28)30-23(2)14-12-10-8-6-4-5-7-9-11-13-20-31-21-19-25(26)29-3/h5,7,15-18,23H,4,6,8-14,19-21H2,1-3H3/b7-5-. The Bertz CT molecular complexity index is 757. The Balaban J connectivity index is 1.97. The van der Waals surface area contributed by atoms with E-state index in [-0.39, 0.29) is 17.0 Å². The maximum atomic E-state index is 12.3. The van der Waals surface area contributed by atoms with E-state index in [0.717, 1.165) is 62.0 Å². The van der Waals surface area contributed by atoms with Crippen molar-refractivity contribution in [3.8, 4) is 0 Å². The van der Waals surface area contributed by atoms with Crippen molar-refractivity contribution in [2.24, 2.45) is 0 Å². The van der Waals surface area contributed by atoms with Crippen LogP contribution in [-0.4, -0.2) is 39.1 Å². The number of carbonyl (C=O) groups excluding carboxylic acids is 1. The van der Waals surface area contributed by atoms with Gasteiger partial charge in [-0.05, 0) is 70.3 Å². The zero-order valence-electron chi connectivity index (χ0n) is 19.9. The SMILES string of the molecule is COC(=O)CCSCCCC/C=C\CCCCCCC(C)OS(=O)(=O)c1ccc(C)cc1. The molecule has 1 rings (SSSR count). The number of thioether (sulfide) groups is 1. The van der Waals surface area contributed by atoms with Crippen molar-refractivity contribution in [2.45, 2.75) is 89.1 Å². The lowest BCUT2D eigenvalue weighted by Crippen LogP contribution is -2.15. The van der Waals surface area contributed by atoms with Crippen LogP contribution in [0.15, 0.2) is 41.3 Å². The van der Waals surface area contributed by atoms with E-state index in [4.69, 9.17) is 4.18 Å². The van der Waals surface area contributed by atoms with E-state index in [2.05, 4.69) is 16.9 Å². The summed E-state index contributed by atoms with van der Waals surface area (Å²) in [5.74, 6) is 1.81. The van der Waals surface area contributed by atoms with E-state index in [1.54, 1.807) is 24.3 Å². The third-order valence-corrected chi connectivity index (χ3v) is 7.59. The number of aryl methyl sites for hydroxylation is 1. The van der Waals surface area contributed by atoms with Crippen LogP contribution in [0, 0.1) is 6.92 Å². The third-order valence-electron chi connectivity index (χ3n) is 5.09. The summed E-state index contributed by atoms with van der Waals surface area (Å²) < 4.78 is 34.5. The summed E-state index contributed by atoms with van der Waals surface area (Å²) in [4.78, 5) is 11.2. The number of carbonyl (C=O) groups is 1. The maximum absolute atomic E-state index is 12.3. The number of ether oxygens (including phenoxy) is 1. The molecule has 0 radical (unpaired) electrons. The van der Waals surface area contributed by atoms with Crippen molar-refractivity contribution in [1.82, 2.24) is 0 Å². The van der Waals surface area contributed by atoms with Gasteiger partial charge in [-0.25, -0.2) is 0 Å². The predicted molar refractivity (Wildman–Crippen MR) is 134 cm³/mol. The highest BCUT2D eigenvalue weighted by molar-refractivity contribution is 7.99. The van der Waals surface area contributed by atoms with Crippen molar-refractivity contribution in [3.05, 3.63) is 42.0 Å². The molecule has 0 aromatic heterocycles. The molecule has 1 aromatic carbocycles. The van der Waals surface area contributed by atoms with Gasteiger partial charge in [0.1, 0.15) is 0 Å². The summed E-state index contributed by atoms with van der Waals surface area (Å²) in [5, 5.41) is 0. The van der Waals surface area contributed by atoms with Crippen LogP contribution in [-0.2, 0) is 23.8 Å². The lowest BCUT2D eigenvalue weighted by molar-refractivity contribution is -0.140. The van der Waals surface area contributed by atoms with E-state index in [1.165, 1.54) is 20.0 Å². The number of allylic oxidation sites excluding steroid dienone is 2. The molecule has 182 valence electrons. The van der Waals surface area contributed by atoms with Gasteiger partial charge in [0.25, 0.3) is 10.1 Å². The van der Waals surface area contributed by atoms with Gasteiger partial charge in [0.15, 0.2) is 0 Å². The van der Waals surface area contributed by atoms with Crippen molar-refractivity contribution < 1.29 is 22.1 Å². The summed E-state index contributed by atoms with van der Waals surface area (Å²) >= 11 is 1.81. The van der Waals surface area contributed by atoms with Gasteiger partial charge in [0.05, 0.1) is 24.5 Å². The van der Waals surface area contributed by atoms with Crippen LogP contribution in [0.4, 0.5) is 0 Å². The zero-order chi connectivity index (χ0) is 23.7. The second-order valence-electron chi connectivity index (χ2n) is 8.07. The molecule has 0 saturated carbocycles. The highest BCUT2D eigenvalue weighted by Crippen LogP contribution is 2.18. The Hall–Kier alpha value is -1.31. The smallest absolute Gasteiger partial charge is 0.306 e. The summed E-state index contributed by atoms with van der Waals surface area (Å²) in [6.07, 6.45) is 14.4. The summed E-state index contributed by atoms with van der Waals surface area (Å²) in [6.45, 7) is 3.75. The molecule has 7 heteroatoms. The lowest BCUT2D eigenvalue weighted by atomic mass is 10.1. The first-order valence-electron chi connectivity index (χ1n) is 11.6. The Morgan fingerprint density at radius 1 is 0.969 bits per heavy atom. The second-order valence-corrected chi connectivity index (χ2v) is 10.9. The molecule has 32 heavy (non-hydrogen) atoms. The van der Waals surface area contributed by atoms with Crippen LogP contribution in [0.5, 0.6) is 0 Å². The predicted octanol–water partition coefficient (Wildman–Crippen LogP) is 6.45. The van der Waals surface area contributed by atoms with Gasteiger partial charge in [-0.2, -0.15) is 20.2 Å². The van der Waals surface area contributed by atoms with Crippen LogP contribution in [0.3, 0.4) is 0 Å². The van der Waals surface area contributed by atoms with Crippen molar-refractivity contribution in [2.75, 3.05) is 18.6 Å². The van der Waals surface area contributed by atoms with Crippen LogP contribution < -0.4 is 0 Å². The lowest BCUT2D eigenvalue weighted by Gasteiger charge is -2.13. The molecule has 1 unspecified atom stereocenters. The number of hydrogen-bond acceptors (Lipinski definition) is 6. The van der Waals surface area contributed by atoms with Gasteiger partial charge in [0, 0.05) is 5.75 Å². The van der Waals surface area contributed by atoms with Crippen molar-refractivity contribution in [3.63, 3.8) is 0 Å². The van der Waals surface area contributed by atoms with Crippen molar-refractivity contribution >= 4 is 27.8 Å². The monoisotopic (exact) mass is 484 g/mol. The summed E-state index contributed by atoms with van der Waals surface area (Å²) in [6, 6.07) is 6.75. The van der Waals surface area contributed by atoms with E-state index in [9.17, 15) is 13.2 Å². The fraction of sp³-hybridized carbons (Fsp3) is 0.640. The number of unbranched alkanes of at least 4 members (excludes halogenated alkanes) is 6. The Morgan fingerprint density at radius 3 is 2.25 bits per heavy atom. The number of esters is 1. The first kappa shape index (κ1) is 28.7. The number of benzene rings is 1. The minimum Gasteiger partial charge on any atom is -0.469 e. The second kappa shape index (κ2) is 17.2. The highest BCUT2D eigenvalue weighted by atomic mass is 32.2. The third kappa shape index (κ3) is 14.0. The number of hydrogen-bond donors (Lipinski definition) is 0.